The molecule has 1 aliphatic carbocycles. The van der Waals surface area contributed by atoms with Crippen molar-refractivity contribution in [3.63, 3.8) is 0 Å². The number of likely N-dealkylation sites (N-methyl/N-ethyl adjacent to an activating group) is 1. The van der Waals surface area contributed by atoms with Crippen LogP contribution in [0.5, 0.6) is 0 Å². The maximum atomic E-state index is 5.88. The second-order valence-electron chi connectivity index (χ2n) is 5.70. The Hall–Kier alpha value is -1.38. The molecule has 3 rings (SSSR count). The average molecular weight is 269 g/mol. The van der Waals surface area contributed by atoms with E-state index in [0.29, 0.717) is 6.04 Å². The van der Waals surface area contributed by atoms with Gasteiger partial charge in [0.1, 0.15) is 0 Å². The highest BCUT2D eigenvalue weighted by Gasteiger charge is 2.22. The summed E-state index contributed by atoms with van der Waals surface area (Å²) in [5.41, 5.74) is 1.32. The Balaban J connectivity index is 1.72. The summed E-state index contributed by atoms with van der Waals surface area (Å²) >= 11 is 0. The zero-order chi connectivity index (χ0) is 13.8. The minimum absolute atomic E-state index is 0.295. The molecule has 0 heterocycles. The van der Waals surface area contributed by atoms with Crippen LogP contribution in [0.4, 0.5) is 0 Å². The Morgan fingerprint density at radius 2 is 1.95 bits per heavy atom. The lowest BCUT2D eigenvalue weighted by Crippen LogP contribution is -2.25. The fraction of sp³-hybridized carbons (Fsp3) is 0.444. The quantitative estimate of drug-likeness (QED) is 0.822. The Bertz CT molecular complexity index is 562. The SMILES string of the molecule is CCNC(COCC1CC1)c1ccc2ccccc2c1. The number of fused-ring (bicyclic) bond motifs is 1. The second kappa shape index (κ2) is 6.38. The Labute approximate surface area is 121 Å². The summed E-state index contributed by atoms with van der Waals surface area (Å²) in [6.07, 6.45) is 2.70. The summed E-state index contributed by atoms with van der Waals surface area (Å²) in [6.45, 7) is 4.80. The van der Waals surface area contributed by atoms with Crippen molar-refractivity contribution in [3.05, 3.63) is 48.0 Å². The van der Waals surface area contributed by atoms with Crippen molar-refractivity contribution in [1.82, 2.24) is 5.32 Å². The van der Waals surface area contributed by atoms with E-state index in [9.17, 15) is 0 Å². The zero-order valence-electron chi connectivity index (χ0n) is 12.1. The molecule has 0 amide bonds. The fourth-order valence-corrected chi connectivity index (χ4v) is 2.58. The monoisotopic (exact) mass is 269 g/mol. The van der Waals surface area contributed by atoms with Crippen molar-refractivity contribution >= 4 is 10.8 Å². The van der Waals surface area contributed by atoms with E-state index in [1.54, 1.807) is 0 Å². The summed E-state index contributed by atoms with van der Waals surface area (Å²) in [5, 5.41) is 6.13. The van der Waals surface area contributed by atoms with Crippen LogP contribution in [0.25, 0.3) is 10.8 Å². The maximum absolute atomic E-state index is 5.88. The van der Waals surface area contributed by atoms with Gasteiger partial charge in [0.25, 0.3) is 0 Å². The molecule has 0 radical (unpaired) electrons. The Morgan fingerprint density at radius 1 is 1.15 bits per heavy atom. The van der Waals surface area contributed by atoms with E-state index in [1.807, 2.05) is 0 Å². The third-order valence-electron chi connectivity index (χ3n) is 3.96. The van der Waals surface area contributed by atoms with Crippen LogP contribution in [0.1, 0.15) is 31.4 Å². The van der Waals surface area contributed by atoms with Crippen LogP contribution in [0.3, 0.4) is 0 Å². The van der Waals surface area contributed by atoms with Crippen LogP contribution >= 0.6 is 0 Å². The summed E-state index contributed by atoms with van der Waals surface area (Å²) in [7, 11) is 0. The molecule has 1 saturated carbocycles. The van der Waals surface area contributed by atoms with Gasteiger partial charge in [0, 0.05) is 6.61 Å². The molecule has 1 atom stereocenters. The minimum Gasteiger partial charge on any atom is -0.379 e. The lowest BCUT2D eigenvalue weighted by molar-refractivity contribution is 0.103. The lowest BCUT2D eigenvalue weighted by atomic mass is 10.0. The summed E-state index contributed by atoms with van der Waals surface area (Å²) in [6, 6.07) is 15.5. The van der Waals surface area contributed by atoms with Gasteiger partial charge in [-0.05, 0) is 47.7 Å². The number of hydrogen-bond donors (Lipinski definition) is 1. The van der Waals surface area contributed by atoms with Crippen LogP contribution in [0.2, 0.25) is 0 Å². The van der Waals surface area contributed by atoms with Crippen molar-refractivity contribution in [1.29, 1.82) is 0 Å². The first-order valence-electron chi connectivity index (χ1n) is 7.66. The predicted octanol–water partition coefficient (Wildman–Crippen LogP) is 3.92. The molecule has 2 nitrogen and oxygen atoms in total. The van der Waals surface area contributed by atoms with Gasteiger partial charge in [-0.2, -0.15) is 0 Å². The molecule has 1 fully saturated rings. The van der Waals surface area contributed by atoms with E-state index >= 15 is 0 Å². The number of benzene rings is 2. The summed E-state index contributed by atoms with van der Waals surface area (Å²) < 4.78 is 5.88. The van der Waals surface area contributed by atoms with Crippen LogP contribution in [0, 0.1) is 5.92 Å². The molecular weight excluding hydrogens is 246 g/mol. The lowest BCUT2D eigenvalue weighted by Gasteiger charge is -2.19. The van der Waals surface area contributed by atoms with E-state index in [0.717, 1.165) is 25.7 Å². The maximum Gasteiger partial charge on any atom is 0.0661 e. The second-order valence-corrected chi connectivity index (χ2v) is 5.70. The van der Waals surface area contributed by atoms with E-state index in [-0.39, 0.29) is 0 Å². The van der Waals surface area contributed by atoms with Gasteiger partial charge in [-0.15, -0.1) is 0 Å². The first-order chi connectivity index (χ1) is 9.86. The predicted molar refractivity (Wildman–Crippen MR) is 83.9 cm³/mol. The Morgan fingerprint density at radius 3 is 2.70 bits per heavy atom. The molecule has 0 saturated heterocycles. The van der Waals surface area contributed by atoms with Gasteiger partial charge in [-0.25, -0.2) is 0 Å². The molecule has 0 aliphatic heterocycles. The van der Waals surface area contributed by atoms with Crippen LogP contribution in [-0.4, -0.2) is 19.8 Å². The van der Waals surface area contributed by atoms with Crippen LogP contribution in [0.15, 0.2) is 42.5 Å². The molecule has 1 unspecified atom stereocenters. The molecule has 1 aliphatic rings. The molecule has 0 spiro atoms. The molecular formula is C18H23NO. The highest BCUT2D eigenvalue weighted by Crippen LogP contribution is 2.29. The van der Waals surface area contributed by atoms with Crippen molar-refractivity contribution < 1.29 is 4.74 Å². The fourth-order valence-electron chi connectivity index (χ4n) is 2.58. The molecule has 2 heteroatoms. The van der Waals surface area contributed by atoms with E-state index in [4.69, 9.17) is 4.74 Å². The van der Waals surface area contributed by atoms with Crippen molar-refractivity contribution in [2.75, 3.05) is 19.8 Å². The number of rotatable bonds is 7. The standard InChI is InChI=1S/C18H23NO/c1-2-19-18(13-20-12-14-7-8-14)17-10-9-15-5-3-4-6-16(15)11-17/h3-6,9-11,14,18-19H,2,7-8,12-13H2,1H3. The van der Waals surface area contributed by atoms with Gasteiger partial charge in [0.2, 0.25) is 0 Å². The molecule has 2 aromatic carbocycles. The molecule has 2 aromatic rings. The van der Waals surface area contributed by atoms with E-state index in [2.05, 4.69) is 54.7 Å². The largest absolute Gasteiger partial charge is 0.379 e. The van der Waals surface area contributed by atoms with Gasteiger partial charge < -0.3 is 10.1 Å². The van der Waals surface area contributed by atoms with Gasteiger partial charge in [0.05, 0.1) is 12.6 Å². The smallest absolute Gasteiger partial charge is 0.0661 e. The van der Waals surface area contributed by atoms with Crippen LogP contribution < -0.4 is 5.32 Å². The number of nitrogens with one attached hydrogen (secondary N) is 1. The molecule has 0 aromatic heterocycles. The third-order valence-corrected chi connectivity index (χ3v) is 3.96. The third kappa shape index (κ3) is 3.38. The summed E-state index contributed by atoms with van der Waals surface area (Å²) in [5.74, 6) is 0.828. The zero-order valence-corrected chi connectivity index (χ0v) is 12.1. The Kier molecular flexibility index (Phi) is 4.34. The molecule has 20 heavy (non-hydrogen) atoms. The van der Waals surface area contributed by atoms with Gasteiger partial charge in [-0.3, -0.25) is 0 Å². The van der Waals surface area contributed by atoms with E-state index < -0.39 is 0 Å². The number of hydrogen-bond acceptors (Lipinski definition) is 2. The van der Waals surface area contributed by atoms with Crippen molar-refractivity contribution in [3.8, 4) is 0 Å². The normalized spacial score (nSPS) is 16.4. The highest BCUT2D eigenvalue weighted by molar-refractivity contribution is 5.83. The van der Waals surface area contributed by atoms with Crippen molar-refractivity contribution in [2.45, 2.75) is 25.8 Å². The number of ether oxygens (including phenoxy) is 1. The topological polar surface area (TPSA) is 21.3 Å². The minimum atomic E-state index is 0.295. The molecule has 106 valence electrons. The van der Waals surface area contributed by atoms with E-state index in [1.165, 1.54) is 29.2 Å². The first-order valence-corrected chi connectivity index (χ1v) is 7.66. The average Bonchev–Trinajstić information content (AvgIpc) is 3.30. The van der Waals surface area contributed by atoms with Gasteiger partial charge in [-0.1, -0.05) is 43.3 Å². The van der Waals surface area contributed by atoms with Crippen molar-refractivity contribution in [2.24, 2.45) is 5.92 Å². The molecule has 0 bridgehead atoms. The van der Waals surface area contributed by atoms with Gasteiger partial charge >= 0.3 is 0 Å². The molecule has 1 N–H and O–H groups in total. The van der Waals surface area contributed by atoms with Gasteiger partial charge in [0.15, 0.2) is 0 Å². The van der Waals surface area contributed by atoms with Crippen LogP contribution in [-0.2, 0) is 4.74 Å². The highest BCUT2D eigenvalue weighted by atomic mass is 16.5. The first kappa shape index (κ1) is 13.6. The summed E-state index contributed by atoms with van der Waals surface area (Å²) in [4.78, 5) is 0.